The molecule has 0 spiro atoms. The second kappa shape index (κ2) is 6.69. The number of halogens is 1. The number of nitrogens with zero attached hydrogens (tertiary/aromatic N) is 2. The van der Waals surface area contributed by atoms with Gasteiger partial charge >= 0.3 is 0 Å². The number of fused-ring (bicyclic) bond motifs is 1. The third-order valence-corrected chi connectivity index (χ3v) is 4.71. The van der Waals surface area contributed by atoms with Gasteiger partial charge in [-0.05, 0) is 30.2 Å². The third-order valence-electron chi connectivity index (χ3n) is 4.38. The van der Waals surface area contributed by atoms with Crippen LogP contribution >= 0.6 is 11.6 Å². The minimum Gasteiger partial charge on any atom is -0.494 e. The maximum Gasteiger partial charge on any atom is 0.145 e. The van der Waals surface area contributed by atoms with E-state index in [0.29, 0.717) is 5.02 Å². The van der Waals surface area contributed by atoms with Gasteiger partial charge < -0.3 is 4.74 Å². The Morgan fingerprint density at radius 2 is 2.04 bits per heavy atom. The maximum absolute atomic E-state index is 6.35. The van der Waals surface area contributed by atoms with Crippen LogP contribution in [0.25, 0.3) is 22.0 Å². The molecule has 0 radical (unpaired) electrons. The summed E-state index contributed by atoms with van der Waals surface area (Å²) in [4.78, 5) is 9.35. The van der Waals surface area contributed by atoms with E-state index in [9.17, 15) is 0 Å². The molecular formula is C21H17ClN2O. The summed E-state index contributed by atoms with van der Waals surface area (Å²) in [5, 5.41) is 1.65. The van der Waals surface area contributed by atoms with Crippen LogP contribution in [0.5, 0.6) is 5.75 Å². The normalized spacial score (nSPS) is 16.3. The van der Waals surface area contributed by atoms with Gasteiger partial charge in [0.25, 0.3) is 0 Å². The molecule has 0 N–H and O–H groups in total. The Morgan fingerprint density at radius 1 is 1.16 bits per heavy atom. The molecule has 1 heterocycles. The van der Waals surface area contributed by atoms with Crippen LogP contribution < -0.4 is 4.74 Å². The molecule has 0 bridgehead atoms. The number of aromatic nitrogens is 2. The van der Waals surface area contributed by atoms with E-state index in [1.54, 1.807) is 7.11 Å². The van der Waals surface area contributed by atoms with Gasteiger partial charge in [0.1, 0.15) is 17.1 Å². The van der Waals surface area contributed by atoms with E-state index in [0.717, 1.165) is 40.0 Å². The van der Waals surface area contributed by atoms with Gasteiger partial charge in [0, 0.05) is 28.1 Å². The summed E-state index contributed by atoms with van der Waals surface area (Å²) in [5.74, 6) is 1.76. The zero-order chi connectivity index (χ0) is 17.2. The van der Waals surface area contributed by atoms with E-state index >= 15 is 0 Å². The minimum absolute atomic E-state index is 0.211. The molecule has 1 aliphatic carbocycles. The van der Waals surface area contributed by atoms with Crippen molar-refractivity contribution in [1.82, 2.24) is 9.97 Å². The lowest BCUT2D eigenvalue weighted by molar-refractivity contribution is 0.419. The van der Waals surface area contributed by atoms with E-state index in [-0.39, 0.29) is 5.92 Å². The highest BCUT2D eigenvalue weighted by atomic mass is 35.5. The fourth-order valence-corrected chi connectivity index (χ4v) is 3.33. The lowest BCUT2D eigenvalue weighted by atomic mass is 9.99. The second-order valence-corrected chi connectivity index (χ2v) is 6.39. The zero-order valence-corrected chi connectivity index (χ0v) is 14.6. The molecule has 3 nitrogen and oxygen atoms in total. The predicted molar refractivity (Wildman–Crippen MR) is 102 cm³/mol. The molecule has 0 saturated carbocycles. The molecule has 0 fully saturated rings. The molecule has 4 rings (SSSR count). The van der Waals surface area contributed by atoms with Crippen LogP contribution in [-0.2, 0) is 0 Å². The van der Waals surface area contributed by atoms with Crippen LogP contribution in [0.1, 0.15) is 18.2 Å². The Hall–Kier alpha value is -2.65. The number of methoxy groups -OCH3 is 1. The van der Waals surface area contributed by atoms with Gasteiger partial charge in [-0.25, -0.2) is 9.97 Å². The average Bonchev–Trinajstić information content (AvgIpc) is 2.67. The number of hydrogen-bond donors (Lipinski definition) is 0. The quantitative estimate of drug-likeness (QED) is 0.621. The van der Waals surface area contributed by atoms with Crippen LogP contribution in [0, 0.1) is 0 Å². The highest BCUT2D eigenvalue weighted by molar-refractivity contribution is 6.33. The van der Waals surface area contributed by atoms with Crippen molar-refractivity contribution in [2.45, 2.75) is 12.3 Å². The van der Waals surface area contributed by atoms with Crippen molar-refractivity contribution in [3.8, 4) is 16.9 Å². The van der Waals surface area contributed by atoms with Gasteiger partial charge in [0.2, 0.25) is 0 Å². The van der Waals surface area contributed by atoms with Gasteiger partial charge in [-0.2, -0.15) is 0 Å². The van der Waals surface area contributed by atoms with E-state index in [1.807, 2.05) is 48.7 Å². The number of hydrogen-bond acceptors (Lipinski definition) is 3. The lowest BCUT2D eigenvalue weighted by Gasteiger charge is -2.14. The first-order valence-electron chi connectivity index (χ1n) is 8.19. The van der Waals surface area contributed by atoms with Crippen LogP contribution in [-0.4, -0.2) is 17.1 Å². The second-order valence-electron chi connectivity index (χ2n) is 5.98. The summed E-state index contributed by atoms with van der Waals surface area (Å²) in [5.41, 5.74) is 2.78. The molecule has 124 valence electrons. The standard InChI is InChI=1S/C21H17ClN2O/c1-25-19-12-15(17-9-5-6-10-18(17)22)11-16-13-23-21(24-20(16)19)14-7-3-2-4-8-14/h2-7,9-14H,8H2,1H3. The Morgan fingerprint density at radius 3 is 2.80 bits per heavy atom. The van der Waals surface area contributed by atoms with Crippen molar-refractivity contribution in [2.24, 2.45) is 0 Å². The molecule has 4 heteroatoms. The van der Waals surface area contributed by atoms with Crippen molar-refractivity contribution < 1.29 is 4.74 Å². The summed E-state index contributed by atoms with van der Waals surface area (Å²) < 4.78 is 5.61. The number of ether oxygens (including phenoxy) is 1. The summed E-state index contributed by atoms with van der Waals surface area (Å²) in [7, 11) is 1.66. The molecule has 1 atom stereocenters. The van der Waals surface area contributed by atoms with Crippen molar-refractivity contribution >= 4 is 22.5 Å². The molecule has 1 aliphatic rings. The van der Waals surface area contributed by atoms with Gasteiger partial charge in [0.05, 0.1) is 7.11 Å². The van der Waals surface area contributed by atoms with Crippen LogP contribution in [0.4, 0.5) is 0 Å². The topological polar surface area (TPSA) is 35.0 Å². The van der Waals surface area contributed by atoms with Gasteiger partial charge in [-0.15, -0.1) is 0 Å². The summed E-state index contributed by atoms with van der Waals surface area (Å²) in [6, 6.07) is 11.8. The molecule has 0 saturated heterocycles. The van der Waals surface area contributed by atoms with Crippen LogP contribution in [0.15, 0.2) is 66.9 Å². The van der Waals surface area contributed by atoms with E-state index < -0.39 is 0 Å². The molecule has 25 heavy (non-hydrogen) atoms. The van der Waals surface area contributed by atoms with Gasteiger partial charge in [-0.1, -0.05) is 54.1 Å². The summed E-state index contributed by atoms with van der Waals surface area (Å²) in [6.45, 7) is 0. The van der Waals surface area contributed by atoms with E-state index in [1.165, 1.54) is 0 Å². The van der Waals surface area contributed by atoms with Crippen LogP contribution in [0.3, 0.4) is 0 Å². The molecule has 1 unspecified atom stereocenters. The first-order valence-corrected chi connectivity index (χ1v) is 8.57. The molecule has 0 aliphatic heterocycles. The summed E-state index contributed by atoms with van der Waals surface area (Å²) in [6.07, 6.45) is 11.1. The largest absolute Gasteiger partial charge is 0.494 e. The highest BCUT2D eigenvalue weighted by Gasteiger charge is 2.15. The smallest absolute Gasteiger partial charge is 0.145 e. The monoisotopic (exact) mass is 348 g/mol. The van der Waals surface area contributed by atoms with Crippen molar-refractivity contribution in [3.05, 3.63) is 77.7 Å². The number of allylic oxidation sites excluding steroid dienone is 4. The predicted octanol–water partition coefficient (Wildman–Crippen LogP) is 5.56. The molecule has 1 aromatic heterocycles. The average molecular weight is 349 g/mol. The number of rotatable bonds is 3. The molecule has 2 aromatic carbocycles. The van der Waals surface area contributed by atoms with E-state index in [2.05, 4.69) is 23.2 Å². The Bertz CT molecular complexity index is 994. The maximum atomic E-state index is 6.35. The first kappa shape index (κ1) is 15.9. The molecular weight excluding hydrogens is 332 g/mol. The molecule has 3 aromatic rings. The Labute approximate surface area is 151 Å². The van der Waals surface area contributed by atoms with Gasteiger partial charge in [-0.3, -0.25) is 0 Å². The van der Waals surface area contributed by atoms with Gasteiger partial charge in [0.15, 0.2) is 0 Å². The third kappa shape index (κ3) is 3.03. The van der Waals surface area contributed by atoms with Crippen molar-refractivity contribution in [3.63, 3.8) is 0 Å². The van der Waals surface area contributed by atoms with Crippen LogP contribution in [0.2, 0.25) is 5.02 Å². The Balaban J connectivity index is 1.84. The van der Waals surface area contributed by atoms with Crippen molar-refractivity contribution in [2.75, 3.05) is 7.11 Å². The SMILES string of the molecule is COc1cc(-c2ccccc2Cl)cc2cnc(C3C=CC=CC3)nc12. The zero-order valence-electron chi connectivity index (χ0n) is 13.8. The Kier molecular flexibility index (Phi) is 4.24. The lowest BCUT2D eigenvalue weighted by Crippen LogP contribution is -2.03. The van der Waals surface area contributed by atoms with E-state index in [4.69, 9.17) is 21.3 Å². The highest BCUT2D eigenvalue weighted by Crippen LogP contribution is 2.35. The first-order chi connectivity index (χ1) is 12.3. The molecule has 0 amide bonds. The summed E-state index contributed by atoms with van der Waals surface area (Å²) >= 11 is 6.35. The fourth-order valence-electron chi connectivity index (χ4n) is 3.08. The fraction of sp³-hybridized carbons (Fsp3) is 0.143. The number of benzene rings is 2. The minimum atomic E-state index is 0.211. The van der Waals surface area contributed by atoms with Crippen molar-refractivity contribution in [1.29, 1.82) is 0 Å².